The largest absolute Gasteiger partial charge is 0.444 e. The highest BCUT2D eigenvalue weighted by molar-refractivity contribution is 5.93. The fourth-order valence-corrected chi connectivity index (χ4v) is 2.45. The Kier molecular flexibility index (Phi) is 4.65. The van der Waals surface area contributed by atoms with Gasteiger partial charge < -0.3 is 9.64 Å². The zero-order valence-electron chi connectivity index (χ0n) is 14.5. The third kappa shape index (κ3) is 3.64. The number of carbonyl (C=O) groups excluding carboxylic acids is 2. The average Bonchev–Trinajstić information content (AvgIpc) is 2.85. The predicted molar refractivity (Wildman–Crippen MR) is 82.6 cm³/mol. The van der Waals surface area contributed by atoms with Crippen LogP contribution in [0.25, 0.3) is 0 Å². The van der Waals surface area contributed by atoms with Crippen molar-refractivity contribution in [1.29, 1.82) is 0 Å². The summed E-state index contributed by atoms with van der Waals surface area (Å²) in [7, 11) is 2.92. The van der Waals surface area contributed by atoms with Gasteiger partial charge in [0.2, 0.25) is 0 Å². The molecule has 1 aliphatic rings. The summed E-state index contributed by atoms with van der Waals surface area (Å²) in [6.45, 7) is 7.69. The molecule has 128 valence electrons. The van der Waals surface area contributed by atoms with Crippen molar-refractivity contribution in [1.82, 2.24) is 20.2 Å². The van der Waals surface area contributed by atoms with Crippen LogP contribution in [-0.2, 0) is 22.5 Å². The van der Waals surface area contributed by atoms with Gasteiger partial charge in [-0.1, -0.05) is 0 Å². The number of hydrogen-bond acceptors (Lipinski definition) is 5. The zero-order chi connectivity index (χ0) is 17.4. The Labute approximate surface area is 135 Å². The Balaban J connectivity index is 2.25. The number of hydrogen-bond donors (Lipinski definition) is 1. The summed E-state index contributed by atoms with van der Waals surface area (Å²) < 4.78 is 5.44. The topological polar surface area (TPSA) is 87.8 Å². The van der Waals surface area contributed by atoms with Gasteiger partial charge in [0.15, 0.2) is 5.69 Å². The van der Waals surface area contributed by atoms with Crippen LogP contribution < -0.4 is 0 Å². The van der Waals surface area contributed by atoms with Crippen molar-refractivity contribution in [2.45, 2.75) is 52.3 Å². The maximum Gasteiger partial charge on any atom is 0.410 e. The lowest BCUT2D eigenvalue weighted by atomic mass is 10.00. The number of nitrogens with one attached hydrogen (secondary N) is 1. The van der Waals surface area contributed by atoms with Crippen molar-refractivity contribution >= 4 is 12.0 Å². The van der Waals surface area contributed by atoms with Crippen molar-refractivity contribution in [3.63, 3.8) is 0 Å². The molecule has 1 aromatic rings. The van der Waals surface area contributed by atoms with E-state index in [0.717, 1.165) is 10.8 Å². The summed E-state index contributed by atoms with van der Waals surface area (Å²) in [5.74, 6) is -0.358. The van der Waals surface area contributed by atoms with E-state index in [1.54, 1.807) is 4.90 Å². The SMILES string of the molecule is CON(C)C(=O)c1n[nH]c2c1CN(C(=O)OC(C)(C)C)C(C)C2. The second kappa shape index (κ2) is 6.19. The number of nitrogens with zero attached hydrogens (tertiary/aromatic N) is 3. The number of aromatic nitrogens is 2. The minimum absolute atomic E-state index is 0.0408. The van der Waals surface area contributed by atoms with Gasteiger partial charge in [0, 0.05) is 30.8 Å². The van der Waals surface area contributed by atoms with E-state index in [1.807, 2.05) is 27.7 Å². The number of aromatic amines is 1. The fraction of sp³-hybridized carbons (Fsp3) is 0.667. The number of H-pyrrole nitrogens is 1. The lowest BCUT2D eigenvalue weighted by Gasteiger charge is -2.34. The number of ether oxygens (including phenoxy) is 1. The third-order valence-corrected chi connectivity index (χ3v) is 3.70. The van der Waals surface area contributed by atoms with Crippen molar-refractivity contribution in [2.75, 3.05) is 14.2 Å². The first-order chi connectivity index (χ1) is 10.6. The van der Waals surface area contributed by atoms with Gasteiger partial charge in [0.05, 0.1) is 13.7 Å². The van der Waals surface area contributed by atoms with E-state index in [4.69, 9.17) is 9.57 Å². The molecule has 0 saturated heterocycles. The number of hydroxylamine groups is 2. The van der Waals surface area contributed by atoms with Gasteiger partial charge in [-0.25, -0.2) is 9.86 Å². The van der Waals surface area contributed by atoms with Crippen LogP contribution in [0.5, 0.6) is 0 Å². The normalized spacial score (nSPS) is 17.7. The molecule has 0 bridgehead atoms. The monoisotopic (exact) mass is 324 g/mol. The molecule has 0 aromatic carbocycles. The van der Waals surface area contributed by atoms with Crippen molar-refractivity contribution in [3.8, 4) is 0 Å². The van der Waals surface area contributed by atoms with Crippen LogP contribution in [0.15, 0.2) is 0 Å². The molecule has 2 amide bonds. The Hall–Kier alpha value is -2.09. The summed E-state index contributed by atoms with van der Waals surface area (Å²) in [5.41, 5.74) is 1.28. The van der Waals surface area contributed by atoms with E-state index < -0.39 is 11.7 Å². The number of carbonyl (C=O) groups is 2. The highest BCUT2D eigenvalue weighted by Crippen LogP contribution is 2.26. The molecule has 1 N–H and O–H groups in total. The summed E-state index contributed by atoms with van der Waals surface area (Å²) in [5, 5.41) is 8.09. The van der Waals surface area contributed by atoms with Crippen LogP contribution >= 0.6 is 0 Å². The van der Waals surface area contributed by atoms with Gasteiger partial charge >= 0.3 is 6.09 Å². The Morgan fingerprint density at radius 3 is 2.61 bits per heavy atom. The van der Waals surface area contributed by atoms with Crippen LogP contribution in [0, 0.1) is 0 Å². The molecule has 8 heteroatoms. The Morgan fingerprint density at radius 2 is 2.04 bits per heavy atom. The molecule has 0 aliphatic carbocycles. The van der Waals surface area contributed by atoms with Crippen molar-refractivity contribution in [2.24, 2.45) is 0 Å². The van der Waals surface area contributed by atoms with Crippen molar-refractivity contribution < 1.29 is 19.2 Å². The summed E-state index contributed by atoms with van der Waals surface area (Å²) in [4.78, 5) is 31.2. The molecule has 0 radical (unpaired) electrons. The third-order valence-electron chi connectivity index (χ3n) is 3.70. The van der Waals surface area contributed by atoms with Gasteiger partial charge in [0.1, 0.15) is 5.60 Å². The molecule has 0 fully saturated rings. The molecule has 2 heterocycles. The van der Waals surface area contributed by atoms with E-state index in [2.05, 4.69) is 10.2 Å². The van der Waals surface area contributed by atoms with Gasteiger partial charge in [-0.3, -0.25) is 14.7 Å². The first kappa shape index (κ1) is 17.3. The molecular weight excluding hydrogens is 300 g/mol. The quantitative estimate of drug-likeness (QED) is 0.837. The van der Waals surface area contributed by atoms with Crippen LogP contribution in [0.3, 0.4) is 0 Å². The summed E-state index contributed by atoms with van der Waals surface area (Å²) in [6.07, 6.45) is 0.196. The maximum absolute atomic E-state index is 12.4. The number of fused-ring (bicyclic) bond motifs is 1. The molecular formula is C15H24N4O4. The lowest BCUT2D eigenvalue weighted by Crippen LogP contribution is -2.45. The maximum atomic E-state index is 12.4. The smallest absolute Gasteiger partial charge is 0.410 e. The van der Waals surface area contributed by atoms with E-state index >= 15 is 0 Å². The molecule has 0 saturated carbocycles. The number of amides is 2. The highest BCUT2D eigenvalue weighted by atomic mass is 16.7. The minimum Gasteiger partial charge on any atom is -0.444 e. The highest BCUT2D eigenvalue weighted by Gasteiger charge is 2.34. The van der Waals surface area contributed by atoms with Gasteiger partial charge in [-0.15, -0.1) is 0 Å². The molecule has 8 nitrogen and oxygen atoms in total. The lowest BCUT2D eigenvalue weighted by molar-refractivity contribution is -0.0761. The van der Waals surface area contributed by atoms with Crippen LogP contribution in [-0.4, -0.2) is 58.0 Å². The fourth-order valence-electron chi connectivity index (χ4n) is 2.45. The molecule has 1 aliphatic heterocycles. The average molecular weight is 324 g/mol. The first-order valence-electron chi connectivity index (χ1n) is 7.52. The standard InChI is InChI=1S/C15H24N4O4/c1-9-7-11-10(8-19(9)14(21)23-15(2,3)4)12(17-16-11)13(20)18(5)22-6/h9H,7-8H2,1-6H3,(H,16,17). The molecule has 1 unspecified atom stereocenters. The predicted octanol–water partition coefficient (Wildman–Crippen LogP) is 1.72. The summed E-state index contributed by atoms with van der Waals surface area (Å²) in [6, 6.07) is -0.0408. The Bertz CT molecular complexity index is 605. The van der Waals surface area contributed by atoms with E-state index in [0.29, 0.717) is 12.0 Å². The summed E-state index contributed by atoms with van der Waals surface area (Å²) >= 11 is 0. The Morgan fingerprint density at radius 1 is 1.39 bits per heavy atom. The van der Waals surface area contributed by atoms with Gasteiger partial charge in [-0.05, 0) is 27.7 Å². The second-order valence-electron chi connectivity index (χ2n) is 6.68. The van der Waals surface area contributed by atoms with Crippen LogP contribution in [0.4, 0.5) is 4.79 Å². The van der Waals surface area contributed by atoms with E-state index in [-0.39, 0.29) is 24.2 Å². The van der Waals surface area contributed by atoms with Gasteiger partial charge in [-0.2, -0.15) is 5.10 Å². The van der Waals surface area contributed by atoms with Crippen LogP contribution in [0.1, 0.15) is 49.4 Å². The number of rotatable bonds is 2. The molecule has 23 heavy (non-hydrogen) atoms. The molecule has 2 rings (SSSR count). The second-order valence-corrected chi connectivity index (χ2v) is 6.68. The molecule has 1 aromatic heterocycles. The van der Waals surface area contributed by atoms with E-state index in [1.165, 1.54) is 14.2 Å². The molecule has 0 spiro atoms. The zero-order valence-corrected chi connectivity index (χ0v) is 14.5. The van der Waals surface area contributed by atoms with Crippen LogP contribution in [0.2, 0.25) is 0 Å². The minimum atomic E-state index is -0.567. The van der Waals surface area contributed by atoms with E-state index in [9.17, 15) is 9.59 Å². The van der Waals surface area contributed by atoms with Gasteiger partial charge in [0.25, 0.3) is 5.91 Å². The van der Waals surface area contributed by atoms with Crippen molar-refractivity contribution in [3.05, 3.63) is 17.0 Å². The molecule has 1 atom stereocenters. The first-order valence-corrected chi connectivity index (χ1v) is 7.52.